The highest BCUT2D eigenvalue weighted by Crippen LogP contribution is 2.34. The summed E-state index contributed by atoms with van der Waals surface area (Å²) >= 11 is 0. The molecular formula is C16H20N4O. The smallest absolute Gasteiger partial charge is 0.274 e. The number of hydrogen-bond acceptors (Lipinski definition) is 3. The highest BCUT2D eigenvalue weighted by Gasteiger charge is 2.29. The van der Waals surface area contributed by atoms with Crippen LogP contribution in [-0.4, -0.2) is 27.6 Å². The van der Waals surface area contributed by atoms with Crippen LogP contribution in [0.15, 0.2) is 30.5 Å². The number of carbonyl (C=O) groups is 1. The average Bonchev–Trinajstić information content (AvgIpc) is 2.84. The molecule has 0 saturated heterocycles. The van der Waals surface area contributed by atoms with Gasteiger partial charge in [-0.1, -0.05) is 24.3 Å². The molecule has 1 atom stereocenters. The molecule has 0 spiro atoms. The summed E-state index contributed by atoms with van der Waals surface area (Å²) in [5.41, 5.74) is 9.35. The van der Waals surface area contributed by atoms with Gasteiger partial charge in [0.2, 0.25) is 0 Å². The van der Waals surface area contributed by atoms with E-state index in [2.05, 4.69) is 23.3 Å². The highest BCUT2D eigenvalue weighted by atomic mass is 16.2. The number of amides is 1. The normalized spacial score (nSPS) is 17.3. The van der Waals surface area contributed by atoms with E-state index in [9.17, 15) is 4.79 Å². The fourth-order valence-electron chi connectivity index (χ4n) is 3.16. The van der Waals surface area contributed by atoms with Crippen molar-refractivity contribution in [3.63, 3.8) is 0 Å². The Balaban J connectivity index is 1.93. The number of nitrogen functional groups attached to an aromatic ring is 1. The van der Waals surface area contributed by atoms with E-state index in [0.717, 1.165) is 19.3 Å². The van der Waals surface area contributed by atoms with Crippen LogP contribution in [0.4, 0.5) is 5.69 Å². The van der Waals surface area contributed by atoms with Gasteiger partial charge >= 0.3 is 0 Å². The monoisotopic (exact) mass is 284 g/mol. The molecule has 2 aromatic rings. The van der Waals surface area contributed by atoms with E-state index < -0.39 is 0 Å². The first-order chi connectivity index (χ1) is 10.1. The van der Waals surface area contributed by atoms with E-state index in [1.54, 1.807) is 16.6 Å². The molecule has 1 unspecified atom stereocenters. The fourth-order valence-corrected chi connectivity index (χ4v) is 3.16. The minimum atomic E-state index is -0.0748. The summed E-state index contributed by atoms with van der Waals surface area (Å²) in [6.45, 7) is 0. The summed E-state index contributed by atoms with van der Waals surface area (Å²) in [6.07, 6.45) is 4.69. The first-order valence-corrected chi connectivity index (χ1v) is 7.22. The summed E-state index contributed by atoms with van der Waals surface area (Å²) in [6, 6.07) is 8.47. The van der Waals surface area contributed by atoms with Crippen molar-refractivity contribution in [3.8, 4) is 0 Å². The third kappa shape index (κ3) is 2.28. The summed E-state index contributed by atoms with van der Waals surface area (Å²) in [5.74, 6) is -0.0748. The zero-order valence-corrected chi connectivity index (χ0v) is 12.4. The molecule has 3 rings (SSSR count). The van der Waals surface area contributed by atoms with Crippen molar-refractivity contribution >= 4 is 11.6 Å². The maximum absolute atomic E-state index is 12.7. The van der Waals surface area contributed by atoms with Crippen LogP contribution in [-0.2, 0) is 13.5 Å². The Labute approximate surface area is 124 Å². The standard InChI is InChI=1S/C16H20N4O/c1-19(16(21)15-13(17)10-18-20(15)2)14-9-5-7-11-6-3-4-8-12(11)14/h3-4,6,8,10,14H,5,7,9,17H2,1-2H3. The zero-order valence-electron chi connectivity index (χ0n) is 12.4. The van der Waals surface area contributed by atoms with Gasteiger partial charge in [0, 0.05) is 14.1 Å². The minimum absolute atomic E-state index is 0.0748. The van der Waals surface area contributed by atoms with Gasteiger partial charge in [-0.25, -0.2) is 0 Å². The number of nitrogens with zero attached hydrogens (tertiary/aromatic N) is 3. The quantitative estimate of drug-likeness (QED) is 0.919. The molecule has 0 saturated carbocycles. The van der Waals surface area contributed by atoms with Crippen molar-refractivity contribution in [3.05, 3.63) is 47.3 Å². The molecule has 0 aliphatic heterocycles. The summed E-state index contributed by atoms with van der Waals surface area (Å²) in [4.78, 5) is 14.5. The number of anilines is 1. The summed E-state index contributed by atoms with van der Waals surface area (Å²) in [5, 5.41) is 4.05. The van der Waals surface area contributed by atoms with Gasteiger partial charge in [-0.3, -0.25) is 9.48 Å². The largest absolute Gasteiger partial charge is 0.396 e. The Morgan fingerprint density at radius 1 is 1.43 bits per heavy atom. The third-order valence-corrected chi connectivity index (χ3v) is 4.30. The van der Waals surface area contributed by atoms with Crippen LogP contribution in [0.25, 0.3) is 0 Å². The van der Waals surface area contributed by atoms with Crippen LogP contribution < -0.4 is 5.73 Å². The lowest BCUT2D eigenvalue weighted by Gasteiger charge is -2.33. The predicted octanol–water partition coefficient (Wildman–Crippen LogP) is 2.15. The molecule has 1 aliphatic rings. The van der Waals surface area contributed by atoms with Crippen molar-refractivity contribution in [2.45, 2.75) is 25.3 Å². The van der Waals surface area contributed by atoms with Gasteiger partial charge in [-0.2, -0.15) is 5.10 Å². The third-order valence-electron chi connectivity index (χ3n) is 4.30. The molecule has 0 radical (unpaired) electrons. The van der Waals surface area contributed by atoms with E-state index in [0.29, 0.717) is 11.4 Å². The topological polar surface area (TPSA) is 64.2 Å². The van der Waals surface area contributed by atoms with Crippen LogP contribution >= 0.6 is 0 Å². The van der Waals surface area contributed by atoms with Crippen LogP contribution in [0.5, 0.6) is 0 Å². The first kappa shape index (κ1) is 13.7. The van der Waals surface area contributed by atoms with E-state index in [-0.39, 0.29) is 11.9 Å². The lowest BCUT2D eigenvalue weighted by atomic mass is 9.87. The van der Waals surface area contributed by atoms with E-state index in [1.807, 2.05) is 13.1 Å². The van der Waals surface area contributed by atoms with Gasteiger partial charge in [-0.15, -0.1) is 0 Å². The molecule has 5 heteroatoms. The maximum atomic E-state index is 12.7. The SMILES string of the molecule is CN(C(=O)c1c(N)cnn1C)C1CCCc2ccccc21. The second-order valence-corrected chi connectivity index (χ2v) is 5.60. The number of fused-ring (bicyclic) bond motifs is 1. The molecule has 1 aromatic heterocycles. The van der Waals surface area contributed by atoms with Crippen LogP contribution in [0.1, 0.15) is 40.5 Å². The Morgan fingerprint density at radius 2 is 2.19 bits per heavy atom. The summed E-state index contributed by atoms with van der Waals surface area (Å²) < 4.78 is 1.54. The van der Waals surface area contributed by atoms with Crippen molar-refractivity contribution in [2.75, 3.05) is 12.8 Å². The number of benzene rings is 1. The van der Waals surface area contributed by atoms with Crippen LogP contribution in [0.3, 0.4) is 0 Å². The van der Waals surface area contributed by atoms with Gasteiger partial charge in [-0.05, 0) is 30.4 Å². The second-order valence-electron chi connectivity index (χ2n) is 5.60. The maximum Gasteiger partial charge on any atom is 0.274 e. The van der Waals surface area contributed by atoms with Gasteiger partial charge in [0.25, 0.3) is 5.91 Å². The number of aromatic nitrogens is 2. The number of hydrogen-bond donors (Lipinski definition) is 1. The van der Waals surface area contributed by atoms with Gasteiger partial charge in [0.15, 0.2) is 0 Å². The lowest BCUT2D eigenvalue weighted by molar-refractivity contribution is 0.0705. The Morgan fingerprint density at radius 3 is 2.90 bits per heavy atom. The number of rotatable bonds is 2. The Kier molecular flexibility index (Phi) is 3.41. The van der Waals surface area contributed by atoms with Gasteiger partial charge in [0.05, 0.1) is 17.9 Å². The van der Waals surface area contributed by atoms with E-state index >= 15 is 0 Å². The molecule has 0 bridgehead atoms. The molecule has 21 heavy (non-hydrogen) atoms. The highest BCUT2D eigenvalue weighted by molar-refractivity contribution is 5.97. The molecule has 1 heterocycles. The molecule has 5 nitrogen and oxygen atoms in total. The number of aryl methyl sites for hydroxylation is 2. The van der Waals surface area contributed by atoms with Gasteiger partial charge < -0.3 is 10.6 Å². The molecule has 1 aromatic carbocycles. The Bertz CT molecular complexity index is 657. The van der Waals surface area contributed by atoms with Gasteiger partial charge in [0.1, 0.15) is 5.69 Å². The zero-order chi connectivity index (χ0) is 15.0. The minimum Gasteiger partial charge on any atom is -0.396 e. The van der Waals surface area contributed by atoms with Crippen molar-refractivity contribution in [2.24, 2.45) is 7.05 Å². The molecule has 2 N–H and O–H groups in total. The fraction of sp³-hybridized carbons (Fsp3) is 0.375. The second kappa shape index (κ2) is 5.24. The number of carbonyl (C=O) groups excluding carboxylic acids is 1. The molecule has 110 valence electrons. The predicted molar refractivity (Wildman–Crippen MR) is 81.8 cm³/mol. The molecule has 1 aliphatic carbocycles. The van der Waals surface area contributed by atoms with E-state index in [4.69, 9.17) is 5.73 Å². The van der Waals surface area contributed by atoms with Crippen LogP contribution in [0, 0.1) is 0 Å². The molecule has 1 amide bonds. The van der Waals surface area contributed by atoms with Crippen LogP contribution in [0.2, 0.25) is 0 Å². The van der Waals surface area contributed by atoms with Crippen molar-refractivity contribution in [1.82, 2.24) is 14.7 Å². The summed E-state index contributed by atoms with van der Waals surface area (Å²) in [7, 11) is 3.59. The average molecular weight is 284 g/mol. The Hall–Kier alpha value is -2.30. The number of nitrogens with two attached hydrogens (primary N) is 1. The molecular weight excluding hydrogens is 264 g/mol. The lowest BCUT2D eigenvalue weighted by Crippen LogP contribution is -2.34. The first-order valence-electron chi connectivity index (χ1n) is 7.22. The van der Waals surface area contributed by atoms with E-state index in [1.165, 1.54) is 17.3 Å². The molecule has 0 fully saturated rings. The van der Waals surface area contributed by atoms with Crippen molar-refractivity contribution < 1.29 is 4.79 Å². The van der Waals surface area contributed by atoms with Crippen molar-refractivity contribution in [1.29, 1.82) is 0 Å².